The number of hydrogen-bond acceptors (Lipinski definition) is 3. The van der Waals surface area contributed by atoms with Gasteiger partial charge in [-0.05, 0) is 43.5 Å². The van der Waals surface area contributed by atoms with Crippen molar-refractivity contribution in [3.8, 4) is 0 Å². The lowest BCUT2D eigenvalue weighted by atomic mass is 10.1. The third-order valence-corrected chi connectivity index (χ3v) is 4.38. The maximum absolute atomic E-state index is 12.5. The number of halogens is 1. The van der Waals surface area contributed by atoms with Gasteiger partial charge in [-0.1, -0.05) is 6.07 Å². The molecule has 2 amide bonds. The van der Waals surface area contributed by atoms with Gasteiger partial charge in [-0.2, -0.15) is 0 Å². The lowest BCUT2D eigenvalue weighted by Gasteiger charge is -2.19. The first-order valence-corrected chi connectivity index (χ1v) is 7.59. The van der Waals surface area contributed by atoms with Crippen LogP contribution >= 0.6 is 12.4 Å². The van der Waals surface area contributed by atoms with Gasteiger partial charge < -0.3 is 15.5 Å². The van der Waals surface area contributed by atoms with Crippen molar-refractivity contribution in [2.24, 2.45) is 11.7 Å². The summed E-state index contributed by atoms with van der Waals surface area (Å²) in [4.78, 5) is 28.0. The quantitative estimate of drug-likeness (QED) is 0.920. The number of carbonyl (C=O) groups excluding carboxylic acids is 2. The van der Waals surface area contributed by atoms with E-state index in [9.17, 15) is 9.59 Å². The predicted octanol–water partition coefficient (Wildman–Crippen LogP) is 1.66. The minimum Gasteiger partial charge on any atom is -0.338 e. The standard InChI is InChI=1S/C16H21N3O2.ClH/c17-10-12-6-8-18(11-12)16(21)13-3-1-4-14(9-13)19-7-2-5-15(19)20;/h1,3-4,9,12H,2,5-8,10-11,17H2;1H. The molecule has 3 rings (SSSR count). The molecule has 22 heavy (non-hydrogen) atoms. The fourth-order valence-corrected chi connectivity index (χ4v) is 3.12. The number of nitrogens with zero attached hydrogens (tertiary/aromatic N) is 2. The fraction of sp³-hybridized carbons (Fsp3) is 0.500. The van der Waals surface area contributed by atoms with Crippen LogP contribution in [0.1, 0.15) is 29.6 Å². The van der Waals surface area contributed by atoms with Crippen molar-refractivity contribution in [1.82, 2.24) is 4.90 Å². The second-order valence-electron chi connectivity index (χ2n) is 5.84. The van der Waals surface area contributed by atoms with E-state index in [4.69, 9.17) is 5.73 Å². The van der Waals surface area contributed by atoms with E-state index in [-0.39, 0.29) is 24.2 Å². The van der Waals surface area contributed by atoms with Gasteiger partial charge >= 0.3 is 0 Å². The zero-order chi connectivity index (χ0) is 14.8. The Morgan fingerprint density at radius 3 is 2.77 bits per heavy atom. The molecule has 2 fully saturated rings. The Kier molecular flexibility index (Phi) is 5.42. The minimum atomic E-state index is 0. The van der Waals surface area contributed by atoms with Crippen molar-refractivity contribution in [3.05, 3.63) is 29.8 Å². The van der Waals surface area contributed by atoms with Crippen molar-refractivity contribution < 1.29 is 9.59 Å². The molecule has 1 unspecified atom stereocenters. The zero-order valence-electron chi connectivity index (χ0n) is 12.5. The molecule has 0 saturated carbocycles. The van der Waals surface area contributed by atoms with Crippen molar-refractivity contribution >= 4 is 29.9 Å². The predicted molar refractivity (Wildman–Crippen MR) is 88.3 cm³/mol. The Labute approximate surface area is 136 Å². The normalized spacial score (nSPS) is 21.1. The van der Waals surface area contributed by atoms with Gasteiger partial charge in [0.15, 0.2) is 0 Å². The number of rotatable bonds is 3. The SMILES string of the molecule is Cl.NCC1CCN(C(=O)c2cccc(N3CCCC3=O)c2)C1. The Balaban J connectivity index is 0.00000176. The second-order valence-corrected chi connectivity index (χ2v) is 5.84. The molecule has 1 aromatic carbocycles. The Bertz CT molecular complexity index is 564. The summed E-state index contributed by atoms with van der Waals surface area (Å²) in [5.41, 5.74) is 7.16. The van der Waals surface area contributed by atoms with Gasteiger partial charge in [-0.25, -0.2) is 0 Å². The number of likely N-dealkylation sites (tertiary alicyclic amines) is 1. The Morgan fingerprint density at radius 1 is 1.32 bits per heavy atom. The van der Waals surface area contributed by atoms with Crippen LogP contribution in [0.15, 0.2) is 24.3 Å². The molecule has 2 N–H and O–H groups in total. The first-order valence-electron chi connectivity index (χ1n) is 7.59. The third kappa shape index (κ3) is 3.25. The van der Waals surface area contributed by atoms with E-state index in [1.165, 1.54) is 0 Å². The zero-order valence-corrected chi connectivity index (χ0v) is 13.3. The van der Waals surface area contributed by atoms with Gasteiger partial charge in [0.1, 0.15) is 0 Å². The van der Waals surface area contributed by atoms with E-state index in [1.54, 1.807) is 4.90 Å². The second kappa shape index (κ2) is 7.11. The van der Waals surface area contributed by atoms with Crippen LogP contribution in [0.25, 0.3) is 0 Å². The largest absolute Gasteiger partial charge is 0.338 e. The van der Waals surface area contributed by atoms with Crippen molar-refractivity contribution in [3.63, 3.8) is 0 Å². The maximum atomic E-state index is 12.5. The van der Waals surface area contributed by atoms with E-state index in [0.29, 0.717) is 24.4 Å². The van der Waals surface area contributed by atoms with Gasteiger partial charge in [-0.15, -0.1) is 12.4 Å². The van der Waals surface area contributed by atoms with E-state index < -0.39 is 0 Å². The number of carbonyl (C=O) groups is 2. The molecule has 0 radical (unpaired) electrons. The van der Waals surface area contributed by atoms with Gasteiger partial charge in [0.05, 0.1) is 0 Å². The number of amides is 2. The molecule has 0 spiro atoms. The summed E-state index contributed by atoms with van der Waals surface area (Å²) in [6, 6.07) is 7.40. The third-order valence-electron chi connectivity index (χ3n) is 4.38. The Hall–Kier alpha value is -1.59. The summed E-state index contributed by atoms with van der Waals surface area (Å²) in [6.07, 6.45) is 2.47. The van der Waals surface area contributed by atoms with Crippen LogP contribution in [-0.4, -0.2) is 42.9 Å². The van der Waals surface area contributed by atoms with Crippen molar-refractivity contribution in [1.29, 1.82) is 0 Å². The molecular formula is C16H22ClN3O2. The molecule has 0 aromatic heterocycles. The summed E-state index contributed by atoms with van der Waals surface area (Å²) in [5.74, 6) is 0.598. The van der Waals surface area contributed by atoms with Crippen molar-refractivity contribution in [2.75, 3.05) is 31.1 Å². The average molecular weight is 324 g/mol. The topological polar surface area (TPSA) is 66.6 Å². The highest BCUT2D eigenvalue weighted by atomic mass is 35.5. The number of nitrogens with two attached hydrogens (primary N) is 1. The number of benzene rings is 1. The molecule has 0 bridgehead atoms. The van der Waals surface area contributed by atoms with Gasteiger partial charge in [-0.3, -0.25) is 9.59 Å². The van der Waals surface area contributed by atoms with Crippen LogP contribution in [-0.2, 0) is 4.79 Å². The molecule has 1 atom stereocenters. The lowest BCUT2D eigenvalue weighted by molar-refractivity contribution is -0.117. The highest BCUT2D eigenvalue weighted by Crippen LogP contribution is 2.24. The Morgan fingerprint density at radius 2 is 2.14 bits per heavy atom. The molecule has 5 nitrogen and oxygen atoms in total. The average Bonchev–Trinajstić information content (AvgIpc) is 3.15. The monoisotopic (exact) mass is 323 g/mol. The minimum absolute atomic E-state index is 0. The highest BCUT2D eigenvalue weighted by Gasteiger charge is 2.27. The highest BCUT2D eigenvalue weighted by molar-refractivity contribution is 5.99. The van der Waals surface area contributed by atoms with Gasteiger partial charge in [0.25, 0.3) is 5.91 Å². The molecular weight excluding hydrogens is 302 g/mol. The van der Waals surface area contributed by atoms with Gasteiger partial charge in [0.2, 0.25) is 5.91 Å². The molecule has 2 aliphatic rings. The molecule has 2 heterocycles. The van der Waals surface area contributed by atoms with E-state index in [0.717, 1.165) is 38.2 Å². The van der Waals surface area contributed by atoms with Gasteiger partial charge in [0, 0.05) is 37.3 Å². The first-order chi connectivity index (χ1) is 10.2. The van der Waals surface area contributed by atoms with Crippen LogP contribution in [0.2, 0.25) is 0 Å². The molecule has 2 saturated heterocycles. The number of hydrogen-bond donors (Lipinski definition) is 1. The maximum Gasteiger partial charge on any atom is 0.253 e. The molecule has 120 valence electrons. The molecule has 2 aliphatic heterocycles. The molecule has 1 aromatic rings. The fourth-order valence-electron chi connectivity index (χ4n) is 3.12. The summed E-state index contributed by atoms with van der Waals surface area (Å²) in [5, 5.41) is 0. The van der Waals surface area contributed by atoms with Crippen LogP contribution in [0.5, 0.6) is 0 Å². The first kappa shape index (κ1) is 16.8. The van der Waals surface area contributed by atoms with E-state index >= 15 is 0 Å². The summed E-state index contributed by atoms with van der Waals surface area (Å²) in [6.45, 7) is 2.89. The van der Waals surface area contributed by atoms with E-state index in [2.05, 4.69) is 0 Å². The lowest BCUT2D eigenvalue weighted by Crippen LogP contribution is -2.30. The summed E-state index contributed by atoms with van der Waals surface area (Å²) in [7, 11) is 0. The molecule has 0 aliphatic carbocycles. The van der Waals surface area contributed by atoms with Crippen LogP contribution in [0.4, 0.5) is 5.69 Å². The smallest absolute Gasteiger partial charge is 0.253 e. The summed E-state index contributed by atoms with van der Waals surface area (Å²) < 4.78 is 0. The van der Waals surface area contributed by atoms with E-state index in [1.807, 2.05) is 29.2 Å². The summed E-state index contributed by atoms with van der Waals surface area (Å²) >= 11 is 0. The van der Waals surface area contributed by atoms with Crippen LogP contribution in [0.3, 0.4) is 0 Å². The molecule has 6 heteroatoms. The van der Waals surface area contributed by atoms with Crippen LogP contribution in [0, 0.1) is 5.92 Å². The van der Waals surface area contributed by atoms with Crippen molar-refractivity contribution in [2.45, 2.75) is 19.3 Å². The van der Waals surface area contributed by atoms with Crippen LogP contribution < -0.4 is 10.6 Å². The number of anilines is 1.